The second-order valence-corrected chi connectivity index (χ2v) is 6.41. The van der Waals surface area contributed by atoms with Crippen molar-refractivity contribution in [3.05, 3.63) is 27.7 Å². The van der Waals surface area contributed by atoms with Crippen LogP contribution in [0.4, 0.5) is 0 Å². The summed E-state index contributed by atoms with van der Waals surface area (Å²) in [6.45, 7) is 6.56. The largest absolute Gasteiger partial charge is 0.342 e. The molecule has 1 aliphatic rings. The second-order valence-electron chi connectivity index (χ2n) is 6.41. The van der Waals surface area contributed by atoms with Gasteiger partial charge in [0.05, 0.1) is 5.69 Å². The van der Waals surface area contributed by atoms with Gasteiger partial charge in [-0.1, -0.05) is 19.8 Å². The average molecular weight is 334 g/mol. The molecule has 0 N–H and O–H groups in total. The van der Waals surface area contributed by atoms with Crippen molar-refractivity contribution in [1.82, 2.24) is 19.6 Å². The number of nitrogens with zero attached hydrogens (tertiary/aromatic N) is 4. The van der Waals surface area contributed by atoms with Crippen molar-refractivity contribution in [2.75, 3.05) is 20.1 Å². The molecule has 132 valence electrons. The first kappa shape index (κ1) is 18.2. The molecule has 24 heavy (non-hydrogen) atoms. The van der Waals surface area contributed by atoms with Crippen molar-refractivity contribution in [2.45, 2.75) is 52.6 Å². The highest BCUT2D eigenvalue weighted by molar-refractivity contribution is 5.88. The van der Waals surface area contributed by atoms with E-state index in [1.165, 1.54) is 10.7 Å². The molecule has 1 saturated heterocycles. The maximum atomic E-state index is 12.7. The molecule has 1 aliphatic heterocycles. The number of unbranched alkanes of at least 4 members (excludes halogenated alkanes) is 1. The van der Waals surface area contributed by atoms with E-state index in [0.717, 1.165) is 24.1 Å². The van der Waals surface area contributed by atoms with E-state index in [1.54, 1.807) is 23.8 Å². The summed E-state index contributed by atoms with van der Waals surface area (Å²) in [5.74, 6) is -0.251. The molecule has 0 unspecified atom stereocenters. The third-order valence-corrected chi connectivity index (χ3v) is 4.59. The number of piperazine rings is 1. The number of carbonyl (C=O) groups excluding carboxylic acids is 2. The molecule has 2 rings (SSSR count). The van der Waals surface area contributed by atoms with Crippen LogP contribution in [-0.4, -0.2) is 57.6 Å². The smallest absolute Gasteiger partial charge is 0.267 e. The molecular weight excluding hydrogens is 308 g/mol. The monoisotopic (exact) mass is 334 g/mol. The molecule has 0 radical (unpaired) electrons. The summed E-state index contributed by atoms with van der Waals surface area (Å²) in [7, 11) is 1.76. The maximum Gasteiger partial charge on any atom is 0.267 e. The molecule has 1 aromatic rings. The lowest BCUT2D eigenvalue weighted by Gasteiger charge is -2.39. The van der Waals surface area contributed by atoms with Gasteiger partial charge in [0, 0.05) is 26.2 Å². The SMILES string of the molecule is CCCC[C@H]1C(=O)N(C)CCN1C(=O)Cn1nc(C)c(C)cc1=O. The first-order valence-electron chi connectivity index (χ1n) is 8.45. The third-order valence-electron chi connectivity index (χ3n) is 4.59. The van der Waals surface area contributed by atoms with Crippen LogP contribution in [0.1, 0.15) is 37.4 Å². The average Bonchev–Trinajstić information content (AvgIpc) is 2.53. The zero-order chi connectivity index (χ0) is 17.9. The lowest BCUT2D eigenvalue weighted by Crippen LogP contribution is -2.58. The number of carbonyl (C=O) groups is 2. The van der Waals surface area contributed by atoms with Crippen molar-refractivity contribution in [3.63, 3.8) is 0 Å². The number of aromatic nitrogens is 2. The van der Waals surface area contributed by atoms with Crippen LogP contribution in [0, 0.1) is 13.8 Å². The molecule has 2 heterocycles. The predicted octanol–water partition coefficient (Wildman–Crippen LogP) is 0.720. The molecule has 2 amide bonds. The van der Waals surface area contributed by atoms with Gasteiger partial charge in [-0.3, -0.25) is 14.4 Å². The van der Waals surface area contributed by atoms with Gasteiger partial charge in [0.1, 0.15) is 12.6 Å². The Morgan fingerprint density at radius 2 is 2.00 bits per heavy atom. The van der Waals surface area contributed by atoms with Crippen LogP contribution in [0.5, 0.6) is 0 Å². The molecule has 0 spiro atoms. The normalized spacial score (nSPS) is 18.2. The Morgan fingerprint density at radius 1 is 1.29 bits per heavy atom. The molecule has 0 aromatic carbocycles. The van der Waals surface area contributed by atoms with Crippen molar-refractivity contribution < 1.29 is 9.59 Å². The quantitative estimate of drug-likeness (QED) is 0.795. The summed E-state index contributed by atoms with van der Waals surface area (Å²) in [6.07, 6.45) is 2.50. The molecule has 1 atom stereocenters. The second kappa shape index (κ2) is 7.59. The number of aryl methyl sites for hydroxylation is 2. The van der Waals surface area contributed by atoms with Crippen LogP contribution in [0.3, 0.4) is 0 Å². The van der Waals surface area contributed by atoms with Crippen LogP contribution in [0.25, 0.3) is 0 Å². The van der Waals surface area contributed by atoms with E-state index in [9.17, 15) is 14.4 Å². The molecule has 1 aromatic heterocycles. The van der Waals surface area contributed by atoms with Gasteiger partial charge in [0.2, 0.25) is 11.8 Å². The van der Waals surface area contributed by atoms with Gasteiger partial charge in [0.25, 0.3) is 5.56 Å². The fourth-order valence-electron chi connectivity index (χ4n) is 2.89. The topological polar surface area (TPSA) is 75.5 Å². The highest BCUT2D eigenvalue weighted by atomic mass is 16.2. The Balaban J connectivity index is 2.19. The van der Waals surface area contributed by atoms with Gasteiger partial charge >= 0.3 is 0 Å². The van der Waals surface area contributed by atoms with Crippen LogP contribution in [0.15, 0.2) is 10.9 Å². The Hall–Kier alpha value is -2.18. The zero-order valence-electron chi connectivity index (χ0n) is 14.9. The Labute approximate surface area is 142 Å². The molecule has 0 saturated carbocycles. The fraction of sp³-hybridized carbons (Fsp3) is 0.647. The van der Waals surface area contributed by atoms with E-state index >= 15 is 0 Å². The first-order valence-corrected chi connectivity index (χ1v) is 8.45. The number of amides is 2. The van der Waals surface area contributed by atoms with Crippen LogP contribution >= 0.6 is 0 Å². The van der Waals surface area contributed by atoms with Crippen molar-refractivity contribution in [3.8, 4) is 0 Å². The van der Waals surface area contributed by atoms with E-state index in [2.05, 4.69) is 12.0 Å². The van der Waals surface area contributed by atoms with Gasteiger partial charge in [-0.15, -0.1) is 0 Å². The third kappa shape index (κ3) is 3.83. The number of hydrogen-bond acceptors (Lipinski definition) is 4. The van der Waals surface area contributed by atoms with Gasteiger partial charge in [-0.05, 0) is 25.8 Å². The van der Waals surface area contributed by atoms with E-state index < -0.39 is 6.04 Å². The van der Waals surface area contributed by atoms with E-state index in [0.29, 0.717) is 19.5 Å². The maximum absolute atomic E-state index is 12.7. The standard InChI is InChI=1S/C17H26N4O3/c1-5-6-7-14-17(24)19(4)8-9-20(14)16(23)11-21-15(22)10-12(2)13(3)18-21/h10,14H,5-9,11H2,1-4H3/t14-/m0/s1. The Kier molecular flexibility index (Phi) is 5.75. The fourth-order valence-corrected chi connectivity index (χ4v) is 2.89. The summed E-state index contributed by atoms with van der Waals surface area (Å²) in [6, 6.07) is 1.05. The molecule has 7 heteroatoms. The Morgan fingerprint density at radius 3 is 2.67 bits per heavy atom. The molecule has 0 bridgehead atoms. The van der Waals surface area contributed by atoms with E-state index in [4.69, 9.17) is 0 Å². The van der Waals surface area contributed by atoms with Crippen molar-refractivity contribution >= 4 is 11.8 Å². The van der Waals surface area contributed by atoms with E-state index in [1.807, 2.05) is 6.92 Å². The van der Waals surface area contributed by atoms with Crippen LogP contribution in [0.2, 0.25) is 0 Å². The lowest BCUT2D eigenvalue weighted by atomic mass is 10.0. The minimum atomic E-state index is -0.432. The summed E-state index contributed by atoms with van der Waals surface area (Å²) < 4.78 is 1.18. The van der Waals surface area contributed by atoms with Crippen molar-refractivity contribution in [1.29, 1.82) is 0 Å². The number of hydrogen-bond donors (Lipinski definition) is 0. The highest BCUT2D eigenvalue weighted by Gasteiger charge is 2.35. The lowest BCUT2D eigenvalue weighted by molar-refractivity contribution is -0.151. The summed E-state index contributed by atoms with van der Waals surface area (Å²) in [4.78, 5) is 40.4. The first-order chi connectivity index (χ1) is 11.3. The number of likely N-dealkylation sites (N-methyl/N-ethyl adjacent to an activating group) is 1. The minimum Gasteiger partial charge on any atom is -0.342 e. The van der Waals surface area contributed by atoms with Gasteiger partial charge < -0.3 is 9.80 Å². The predicted molar refractivity (Wildman–Crippen MR) is 90.6 cm³/mol. The molecular formula is C17H26N4O3. The summed E-state index contributed by atoms with van der Waals surface area (Å²) in [5, 5.41) is 4.19. The minimum absolute atomic E-state index is 0.0246. The summed E-state index contributed by atoms with van der Waals surface area (Å²) >= 11 is 0. The molecule has 1 fully saturated rings. The molecule has 0 aliphatic carbocycles. The van der Waals surface area contributed by atoms with Gasteiger partial charge in [-0.2, -0.15) is 5.10 Å². The summed E-state index contributed by atoms with van der Waals surface area (Å²) in [5.41, 5.74) is 1.23. The number of rotatable bonds is 5. The zero-order valence-corrected chi connectivity index (χ0v) is 14.9. The highest BCUT2D eigenvalue weighted by Crippen LogP contribution is 2.16. The Bertz CT molecular complexity index is 683. The van der Waals surface area contributed by atoms with Crippen LogP contribution < -0.4 is 5.56 Å². The van der Waals surface area contributed by atoms with Crippen molar-refractivity contribution in [2.24, 2.45) is 0 Å². The van der Waals surface area contributed by atoms with E-state index in [-0.39, 0.29) is 23.9 Å². The van der Waals surface area contributed by atoms with Gasteiger partial charge in [-0.25, -0.2) is 4.68 Å². The van der Waals surface area contributed by atoms with Crippen LogP contribution in [-0.2, 0) is 16.1 Å². The molecule has 7 nitrogen and oxygen atoms in total. The van der Waals surface area contributed by atoms with Gasteiger partial charge in [0.15, 0.2) is 0 Å².